The van der Waals surface area contributed by atoms with Gasteiger partial charge in [0.2, 0.25) is 5.95 Å². The molecule has 2 N–H and O–H groups in total. The van der Waals surface area contributed by atoms with Crippen LogP contribution in [0, 0.1) is 0 Å². The summed E-state index contributed by atoms with van der Waals surface area (Å²) in [5.74, 6) is 1.48. The smallest absolute Gasteiger partial charge is 0.225 e. The molecule has 2 heterocycles. The van der Waals surface area contributed by atoms with Crippen molar-refractivity contribution in [3.8, 4) is 0 Å². The summed E-state index contributed by atoms with van der Waals surface area (Å²) >= 11 is 1.71. The molecule has 7 heteroatoms. The highest BCUT2D eigenvalue weighted by atomic mass is 32.2. The highest BCUT2D eigenvalue weighted by Gasteiger charge is 2.12. The van der Waals surface area contributed by atoms with E-state index in [4.69, 9.17) is 0 Å². The van der Waals surface area contributed by atoms with Crippen LogP contribution in [0.2, 0.25) is 0 Å². The summed E-state index contributed by atoms with van der Waals surface area (Å²) in [4.78, 5) is 11.3. The van der Waals surface area contributed by atoms with Crippen LogP contribution in [-0.4, -0.2) is 39.3 Å². The van der Waals surface area contributed by atoms with Crippen molar-refractivity contribution in [3.05, 3.63) is 10.9 Å². The van der Waals surface area contributed by atoms with Gasteiger partial charge in [0.15, 0.2) is 0 Å². The average molecular weight is 326 g/mol. The Kier molecular flexibility index (Phi) is 5.52. The normalized spacial score (nSPS) is 14.1. The molecular weight excluding hydrogens is 304 g/mol. The Bertz CT molecular complexity index is 641. The van der Waals surface area contributed by atoms with Gasteiger partial charge in [-0.2, -0.15) is 4.98 Å². The van der Waals surface area contributed by atoms with Gasteiger partial charge in [-0.05, 0) is 18.9 Å². The predicted molar refractivity (Wildman–Crippen MR) is 93.0 cm³/mol. The fourth-order valence-electron chi connectivity index (χ4n) is 1.95. The zero-order valence-electron chi connectivity index (χ0n) is 12.9. The lowest BCUT2D eigenvalue weighted by Gasteiger charge is -2.11. The van der Waals surface area contributed by atoms with E-state index < -0.39 is 10.8 Å². The zero-order valence-corrected chi connectivity index (χ0v) is 14.5. The molecule has 0 aromatic carbocycles. The molecular formula is C14H22N4OS2. The van der Waals surface area contributed by atoms with Crippen molar-refractivity contribution in [1.29, 1.82) is 0 Å². The number of anilines is 2. The summed E-state index contributed by atoms with van der Waals surface area (Å²) in [7, 11) is 1.04. The van der Waals surface area contributed by atoms with Gasteiger partial charge >= 0.3 is 0 Å². The SMILES string of the molecule is CCc1cc2c(NCCC(C)S(C)=O)nc(NC)nc2s1. The minimum Gasteiger partial charge on any atom is -0.369 e. The van der Waals surface area contributed by atoms with Crippen LogP contribution in [0.25, 0.3) is 10.2 Å². The number of rotatable bonds is 7. The van der Waals surface area contributed by atoms with E-state index in [0.717, 1.165) is 35.4 Å². The fourth-order valence-corrected chi connectivity index (χ4v) is 3.37. The Balaban J connectivity index is 2.20. The van der Waals surface area contributed by atoms with Gasteiger partial charge in [0.05, 0.1) is 5.39 Å². The van der Waals surface area contributed by atoms with Crippen molar-refractivity contribution in [2.45, 2.75) is 31.9 Å². The number of thiophene rings is 1. The van der Waals surface area contributed by atoms with E-state index in [0.29, 0.717) is 5.95 Å². The molecule has 116 valence electrons. The molecule has 0 fully saturated rings. The van der Waals surface area contributed by atoms with Gasteiger partial charge in [-0.15, -0.1) is 11.3 Å². The van der Waals surface area contributed by atoms with Gasteiger partial charge in [-0.1, -0.05) is 13.8 Å². The van der Waals surface area contributed by atoms with E-state index in [-0.39, 0.29) is 5.25 Å². The number of aromatic nitrogens is 2. The van der Waals surface area contributed by atoms with Crippen molar-refractivity contribution < 1.29 is 4.21 Å². The van der Waals surface area contributed by atoms with Crippen LogP contribution in [0.4, 0.5) is 11.8 Å². The molecule has 0 amide bonds. The minimum atomic E-state index is -0.782. The zero-order chi connectivity index (χ0) is 15.4. The van der Waals surface area contributed by atoms with Crippen LogP contribution in [0.5, 0.6) is 0 Å². The van der Waals surface area contributed by atoms with Crippen molar-refractivity contribution in [3.63, 3.8) is 0 Å². The quantitative estimate of drug-likeness (QED) is 0.819. The van der Waals surface area contributed by atoms with E-state index in [2.05, 4.69) is 33.6 Å². The third-order valence-electron chi connectivity index (χ3n) is 3.43. The Morgan fingerprint density at radius 2 is 2.19 bits per heavy atom. The fraction of sp³-hybridized carbons (Fsp3) is 0.571. The highest BCUT2D eigenvalue weighted by Crippen LogP contribution is 2.30. The first-order valence-electron chi connectivity index (χ1n) is 7.09. The van der Waals surface area contributed by atoms with Crippen LogP contribution in [-0.2, 0) is 17.2 Å². The highest BCUT2D eigenvalue weighted by molar-refractivity contribution is 7.84. The summed E-state index contributed by atoms with van der Waals surface area (Å²) in [6.45, 7) is 4.90. The van der Waals surface area contributed by atoms with Crippen LogP contribution in [0.3, 0.4) is 0 Å². The maximum Gasteiger partial charge on any atom is 0.225 e. The number of nitrogens with one attached hydrogen (secondary N) is 2. The van der Waals surface area contributed by atoms with E-state index >= 15 is 0 Å². The molecule has 0 radical (unpaired) electrons. The molecule has 2 atom stereocenters. The van der Waals surface area contributed by atoms with E-state index in [1.54, 1.807) is 17.6 Å². The van der Waals surface area contributed by atoms with Gasteiger partial charge in [0.25, 0.3) is 0 Å². The van der Waals surface area contributed by atoms with Crippen molar-refractivity contribution in [1.82, 2.24) is 9.97 Å². The summed E-state index contributed by atoms with van der Waals surface area (Å²) in [5, 5.41) is 7.62. The largest absolute Gasteiger partial charge is 0.369 e. The van der Waals surface area contributed by atoms with E-state index in [1.165, 1.54) is 4.88 Å². The van der Waals surface area contributed by atoms with Crippen LogP contribution >= 0.6 is 11.3 Å². The standard InChI is InChI=1S/C14H22N4OS2/c1-5-10-8-11-12(16-7-6-9(2)21(4)19)17-14(15-3)18-13(11)20-10/h8-9H,5-7H2,1-4H3,(H2,15,16,17,18). The van der Waals surface area contributed by atoms with Gasteiger partial charge in [-0.25, -0.2) is 4.98 Å². The molecule has 2 rings (SSSR count). The van der Waals surface area contributed by atoms with Crippen molar-refractivity contribution >= 4 is 44.1 Å². The second kappa shape index (κ2) is 7.17. The van der Waals surface area contributed by atoms with Crippen LogP contribution in [0.15, 0.2) is 6.07 Å². The first-order chi connectivity index (χ1) is 10.0. The molecule has 21 heavy (non-hydrogen) atoms. The second-order valence-electron chi connectivity index (χ2n) is 4.96. The molecule has 2 unspecified atom stereocenters. The molecule has 0 aliphatic carbocycles. The molecule has 0 aliphatic rings. The van der Waals surface area contributed by atoms with Gasteiger partial charge in [-0.3, -0.25) is 4.21 Å². The number of hydrogen-bond acceptors (Lipinski definition) is 6. The van der Waals surface area contributed by atoms with E-state index in [9.17, 15) is 4.21 Å². The first-order valence-corrected chi connectivity index (χ1v) is 9.53. The molecule has 0 aliphatic heterocycles. The molecule has 0 saturated carbocycles. The molecule has 0 spiro atoms. The predicted octanol–water partition coefficient (Wildman–Crippen LogP) is 2.86. The molecule has 2 aromatic rings. The lowest BCUT2D eigenvalue weighted by Crippen LogP contribution is -2.15. The van der Waals surface area contributed by atoms with Crippen LogP contribution < -0.4 is 10.6 Å². The Morgan fingerprint density at radius 1 is 1.43 bits per heavy atom. The Hall–Kier alpha value is -1.21. The summed E-state index contributed by atoms with van der Waals surface area (Å²) in [5.41, 5.74) is 0. The molecule has 5 nitrogen and oxygen atoms in total. The third-order valence-corrected chi connectivity index (χ3v) is 5.97. The number of nitrogens with zero attached hydrogens (tertiary/aromatic N) is 2. The van der Waals surface area contributed by atoms with Gasteiger partial charge in [0.1, 0.15) is 10.6 Å². The summed E-state index contributed by atoms with van der Waals surface area (Å²) < 4.78 is 11.4. The molecule has 2 aromatic heterocycles. The average Bonchev–Trinajstić information content (AvgIpc) is 2.89. The minimum absolute atomic E-state index is 0.187. The van der Waals surface area contributed by atoms with Gasteiger partial charge in [0, 0.05) is 40.8 Å². The first kappa shape index (κ1) is 16.2. The lowest BCUT2D eigenvalue weighted by atomic mass is 10.3. The lowest BCUT2D eigenvalue weighted by molar-refractivity contribution is 0.672. The maximum atomic E-state index is 11.4. The van der Waals surface area contributed by atoms with E-state index in [1.807, 2.05) is 14.0 Å². The van der Waals surface area contributed by atoms with Crippen LogP contribution in [0.1, 0.15) is 25.1 Å². The maximum absolute atomic E-state index is 11.4. The molecule has 0 saturated heterocycles. The number of fused-ring (bicyclic) bond motifs is 1. The Labute approximate surface area is 132 Å². The molecule has 0 bridgehead atoms. The monoisotopic (exact) mass is 326 g/mol. The van der Waals surface area contributed by atoms with Gasteiger partial charge < -0.3 is 10.6 Å². The van der Waals surface area contributed by atoms with Crippen molar-refractivity contribution in [2.24, 2.45) is 0 Å². The third kappa shape index (κ3) is 3.91. The van der Waals surface area contributed by atoms with Crippen molar-refractivity contribution in [2.75, 3.05) is 30.5 Å². The summed E-state index contributed by atoms with van der Waals surface area (Å²) in [6, 6.07) is 2.16. The number of hydrogen-bond donors (Lipinski definition) is 2. The second-order valence-corrected chi connectivity index (χ2v) is 7.87. The Morgan fingerprint density at radius 3 is 2.81 bits per heavy atom. The number of aryl methyl sites for hydroxylation is 1. The topological polar surface area (TPSA) is 66.9 Å². The summed E-state index contributed by atoms with van der Waals surface area (Å²) in [6.07, 6.45) is 3.61.